The van der Waals surface area contributed by atoms with Crippen LogP contribution in [0.15, 0.2) is 53.1 Å². The van der Waals surface area contributed by atoms with Crippen molar-refractivity contribution in [2.75, 3.05) is 20.2 Å². The highest BCUT2D eigenvalue weighted by Crippen LogP contribution is 2.20. The molecule has 150 valence electrons. The SMILES string of the molecule is COc1ccc(C(=O)N[C@@H]2CCN(Cc3noc(-c4ccccc4)n3)C2)c(C)c1. The van der Waals surface area contributed by atoms with Crippen molar-refractivity contribution in [3.05, 3.63) is 65.5 Å². The van der Waals surface area contributed by atoms with E-state index in [4.69, 9.17) is 9.26 Å². The number of carbonyl (C=O) groups excluding carboxylic acids is 1. The zero-order chi connectivity index (χ0) is 20.2. The Morgan fingerprint density at radius 1 is 1.28 bits per heavy atom. The van der Waals surface area contributed by atoms with Crippen LogP contribution in [0.3, 0.4) is 0 Å². The Morgan fingerprint density at radius 2 is 2.10 bits per heavy atom. The first-order valence-electron chi connectivity index (χ1n) is 9.68. The van der Waals surface area contributed by atoms with Crippen LogP contribution < -0.4 is 10.1 Å². The van der Waals surface area contributed by atoms with E-state index in [0.29, 0.717) is 23.8 Å². The molecule has 0 spiro atoms. The van der Waals surface area contributed by atoms with Gasteiger partial charge in [-0.1, -0.05) is 23.4 Å². The molecule has 7 nitrogen and oxygen atoms in total. The largest absolute Gasteiger partial charge is 0.497 e. The van der Waals surface area contributed by atoms with Gasteiger partial charge in [0.15, 0.2) is 5.82 Å². The van der Waals surface area contributed by atoms with Crippen molar-refractivity contribution in [3.8, 4) is 17.2 Å². The van der Waals surface area contributed by atoms with Gasteiger partial charge in [-0.15, -0.1) is 0 Å². The summed E-state index contributed by atoms with van der Waals surface area (Å²) in [4.78, 5) is 19.4. The number of aromatic nitrogens is 2. The average molecular weight is 392 g/mol. The zero-order valence-electron chi connectivity index (χ0n) is 16.6. The second-order valence-electron chi connectivity index (χ2n) is 7.26. The highest BCUT2D eigenvalue weighted by Gasteiger charge is 2.26. The fraction of sp³-hybridized carbons (Fsp3) is 0.318. The summed E-state index contributed by atoms with van der Waals surface area (Å²) in [5.41, 5.74) is 2.49. The zero-order valence-corrected chi connectivity index (χ0v) is 16.6. The summed E-state index contributed by atoms with van der Waals surface area (Å²) in [6.45, 7) is 4.15. The van der Waals surface area contributed by atoms with Gasteiger partial charge in [0.05, 0.1) is 13.7 Å². The van der Waals surface area contributed by atoms with E-state index in [1.54, 1.807) is 13.2 Å². The van der Waals surface area contributed by atoms with Crippen LogP contribution in [-0.2, 0) is 6.54 Å². The van der Waals surface area contributed by atoms with Gasteiger partial charge in [-0.25, -0.2) is 0 Å². The van der Waals surface area contributed by atoms with Gasteiger partial charge in [-0.3, -0.25) is 9.69 Å². The van der Waals surface area contributed by atoms with E-state index in [0.717, 1.165) is 36.4 Å². The van der Waals surface area contributed by atoms with Crippen molar-refractivity contribution in [3.63, 3.8) is 0 Å². The van der Waals surface area contributed by atoms with Crippen molar-refractivity contribution < 1.29 is 14.1 Å². The van der Waals surface area contributed by atoms with E-state index < -0.39 is 0 Å². The fourth-order valence-electron chi connectivity index (χ4n) is 3.59. The lowest BCUT2D eigenvalue weighted by Gasteiger charge is -2.16. The van der Waals surface area contributed by atoms with E-state index in [1.165, 1.54) is 0 Å². The van der Waals surface area contributed by atoms with Gasteiger partial charge in [-0.05, 0) is 49.2 Å². The van der Waals surface area contributed by atoms with E-state index >= 15 is 0 Å². The maximum absolute atomic E-state index is 12.6. The molecule has 0 unspecified atom stereocenters. The molecule has 1 N–H and O–H groups in total. The van der Waals surface area contributed by atoms with Crippen LogP contribution in [0.25, 0.3) is 11.5 Å². The number of carbonyl (C=O) groups is 1. The lowest BCUT2D eigenvalue weighted by Crippen LogP contribution is -2.37. The summed E-state index contributed by atoms with van der Waals surface area (Å²) in [5.74, 6) is 1.88. The highest BCUT2D eigenvalue weighted by atomic mass is 16.5. The lowest BCUT2D eigenvalue weighted by atomic mass is 10.1. The second kappa shape index (κ2) is 8.45. The third-order valence-electron chi connectivity index (χ3n) is 5.14. The molecule has 1 aromatic heterocycles. The third kappa shape index (κ3) is 4.46. The van der Waals surface area contributed by atoms with E-state index in [-0.39, 0.29) is 11.9 Å². The minimum atomic E-state index is -0.0528. The first-order chi connectivity index (χ1) is 14.1. The predicted octanol–water partition coefficient (Wildman–Crippen LogP) is 3.06. The Kier molecular flexibility index (Phi) is 5.57. The molecule has 29 heavy (non-hydrogen) atoms. The topological polar surface area (TPSA) is 80.5 Å². The molecule has 2 aromatic carbocycles. The number of hydrogen-bond acceptors (Lipinski definition) is 6. The highest BCUT2D eigenvalue weighted by molar-refractivity contribution is 5.96. The summed E-state index contributed by atoms with van der Waals surface area (Å²) in [6, 6.07) is 15.3. The maximum atomic E-state index is 12.6. The van der Waals surface area contributed by atoms with Crippen molar-refractivity contribution in [1.29, 1.82) is 0 Å². The second-order valence-corrected chi connectivity index (χ2v) is 7.26. The summed E-state index contributed by atoms with van der Waals surface area (Å²) in [5, 5.41) is 7.23. The van der Waals surface area contributed by atoms with Gasteiger partial charge in [-0.2, -0.15) is 4.98 Å². The number of nitrogens with one attached hydrogen (secondary N) is 1. The Bertz CT molecular complexity index is 987. The fourth-order valence-corrected chi connectivity index (χ4v) is 3.59. The maximum Gasteiger partial charge on any atom is 0.257 e. The molecule has 4 rings (SSSR count). The van der Waals surface area contributed by atoms with E-state index in [2.05, 4.69) is 20.4 Å². The molecule has 0 saturated carbocycles. The van der Waals surface area contributed by atoms with Crippen LogP contribution in [0.2, 0.25) is 0 Å². The Balaban J connectivity index is 1.33. The Hall–Kier alpha value is -3.19. The van der Waals surface area contributed by atoms with Gasteiger partial charge in [0.1, 0.15) is 5.75 Å². The van der Waals surface area contributed by atoms with Crippen LogP contribution in [0, 0.1) is 6.92 Å². The molecule has 1 amide bonds. The Labute approximate surface area is 169 Å². The van der Waals surface area contributed by atoms with Crippen LogP contribution in [-0.4, -0.2) is 47.2 Å². The minimum absolute atomic E-state index is 0.0528. The number of aryl methyl sites for hydroxylation is 1. The van der Waals surface area contributed by atoms with Crippen LogP contribution in [0.5, 0.6) is 5.75 Å². The number of ether oxygens (including phenoxy) is 1. The lowest BCUT2D eigenvalue weighted by molar-refractivity contribution is 0.0937. The monoisotopic (exact) mass is 392 g/mol. The molecule has 0 bridgehead atoms. The summed E-state index contributed by atoms with van der Waals surface area (Å²) in [6.07, 6.45) is 0.893. The molecular weight excluding hydrogens is 368 g/mol. The van der Waals surface area contributed by atoms with Crippen molar-refractivity contribution >= 4 is 5.91 Å². The number of methoxy groups -OCH3 is 1. The number of likely N-dealkylation sites (tertiary alicyclic amines) is 1. The average Bonchev–Trinajstić information content (AvgIpc) is 3.38. The predicted molar refractivity (Wildman–Crippen MR) is 109 cm³/mol. The molecular formula is C22H24N4O3. The van der Waals surface area contributed by atoms with Gasteiger partial charge in [0, 0.05) is 30.3 Å². The molecule has 0 radical (unpaired) electrons. The minimum Gasteiger partial charge on any atom is -0.497 e. The molecule has 0 aliphatic carbocycles. The van der Waals surface area contributed by atoms with Gasteiger partial charge in [0.2, 0.25) is 0 Å². The third-order valence-corrected chi connectivity index (χ3v) is 5.14. The van der Waals surface area contributed by atoms with Crippen LogP contribution >= 0.6 is 0 Å². The number of benzene rings is 2. The van der Waals surface area contributed by atoms with Crippen LogP contribution in [0.4, 0.5) is 0 Å². The van der Waals surface area contributed by atoms with Crippen molar-refractivity contribution in [2.24, 2.45) is 0 Å². The molecule has 1 aliphatic heterocycles. The molecule has 2 heterocycles. The standard InChI is InChI=1S/C22H24N4O3/c1-15-12-18(28-2)8-9-19(15)21(27)23-17-10-11-26(13-17)14-20-24-22(29-25-20)16-6-4-3-5-7-16/h3-9,12,17H,10-11,13-14H2,1-2H3,(H,23,27)/t17-/m1/s1. The summed E-state index contributed by atoms with van der Waals surface area (Å²) >= 11 is 0. The van der Waals surface area contributed by atoms with E-state index in [9.17, 15) is 4.79 Å². The molecule has 3 aromatic rings. The number of rotatable bonds is 6. The van der Waals surface area contributed by atoms with E-state index in [1.807, 2.05) is 49.4 Å². The summed E-state index contributed by atoms with van der Waals surface area (Å²) < 4.78 is 10.6. The van der Waals surface area contributed by atoms with Crippen molar-refractivity contribution in [1.82, 2.24) is 20.4 Å². The normalized spacial score (nSPS) is 16.7. The van der Waals surface area contributed by atoms with Gasteiger partial charge >= 0.3 is 0 Å². The first-order valence-corrected chi connectivity index (χ1v) is 9.68. The number of nitrogens with zero attached hydrogens (tertiary/aromatic N) is 3. The van der Waals surface area contributed by atoms with Gasteiger partial charge < -0.3 is 14.6 Å². The van der Waals surface area contributed by atoms with Crippen molar-refractivity contribution in [2.45, 2.75) is 25.9 Å². The molecule has 1 atom stereocenters. The molecule has 1 saturated heterocycles. The smallest absolute Gasteiger partial charge is 0.257 e. The quantitative estimate of drug-likeness (QED) is 0.694. The molecule has 7 heteroatoms. The Morgan fingerprint density at radius 3 is 2.86 bits per heavy atom. The molecule has 1 aliphatic rings. The summed E-state index contributed by atoms with van der Waals surface area (Å²) in [7, 11) is 1.62. The number of amides is 1. The van der Waals surface area contributed by atoms with Gasteiger partial charge in [0.25, 0.3) is 11.8 Å². The molecule has 1 fully saturated rings. The first kappa shape index (κ1) is 19.1. The number of hydrogen-bond donors (Lipinski definition) is 1. The van der Waals surface area contributed by atoms with Crippen LogP contribution in [0.1, 0.15) is 28.2 Å².